The Morgan fingerprint density at radius 1 is 1.09 bits per heavy atom. The van der Waals surface area contributed by atoms with Crippen molar-refractivity contribution in [2.75, 3.05) is 5.32 Å². The van der Waals surface area contributed by atoms with Gasteiger partial charge in [-0.3, -0.25) is 4.79 Å². The molecule has 2 N–H and O–H groups in total. The van der Waals surface area contributed by atoms with E-state index in [0.717, 1.165) is 4.57 Å². The molecule has 1 atom stereocenters. The van der Waals surface area contributed by atoms with Gasteiger partial charge < -0.3 is 30.2 Å². The number of urea groups is 1. The molecule has 3 rings (SSSR count). The molecule has 0 fully saturated rings. The molecule has 34 heavy (non-hydrogen) atoms. The number of anilines is 1. The number of pyridine rings is 1. The van der Waals surface area contributed by atoms with Crippen molar-refractivity contribution in [1.82, 2.24) is 9.88 Å². The van der Waals surface area contributed by atoms with E-state index in [4.69, 9.17) is 0 Å². The molecular formula is C23H20FN3Na2O5. The number of aromatic nitrogens is 1. The third-order valence-corrected chi connectivity index (χ3v) is 4.87. The van der Waals surface area contributed by atoms with Gasteiger partial charge in [0.1, 0.15) is 11.5 Å². The number of rotatable bonds is 6. The van der Waals surface area contributed by atoms with Crippen LogP contribution in [0.3, 0.4) is 0 Å². The average Bonchev–Trinajstić information content (AvgIpc) is 2.75. The Balaban J connectivity index is 0.00000289. The first-order valence-corrected chi connectivity index (χ1v) is 9.66. The number of halogens is 1. The first-order chi connectivity index (χ1) is 15.2. The van der Waals surface area contributed by atoms with E-state index in [1.165, 1.54) is 32.3 Å². The zero-order chi connectivity index (χ0) is 23.4. The minimum atomic E-state index is -1.41. The standard InChI is InChI=1S/C23H22FN3O5.2Na/c1-13-12-27(2)22(31)20(21(13)30)26-23(32)25-18(11-19(28)29)16-7-3-5-14(9-16)15-6-4-8-17(24)10-15;;/h3-10,12,18,30H,11H2,1-2H3,(H,28,29)(H2,25,26,32);;/q;2*+1/p-2/t18-;;/m0../s1. The van der Waals surface area contributed by atoms with E-state index in [1.54, 1.807) is 36.4 Å². The number of hydrogen-bond acceptors (Lipinski definition) is 5. The second-order valence-electron chi connectivity index (χ2n) is 7.30. The molecular weight excluding hydrogens is 463 g/mol. The van der Waals surface area contributed by atoms with E-state index in [1.807, 2.05) is 0 Å². The zero-order valence-corrected chi connectivity index (χ0v) is 23.3. The first kappa shape index (κ1) is 29.9. The number of carboxylic acids is 1. The molecule has 0 aliphatic rings. The molecule has 0 spiro atoms. The van der Waals surface area contributed by atoms with E-state index in [9.17, 15) is 29.0 Å². The number of amides is 2. The van der Waals surface area contributed by atoms with E-state index >= 15 is 0 Å². The van der Waals surface area contributed by atoms with Crippen LogP contribution in [-0.4, -0.2) is 16.6 Å². The number of nitrogens with zero attached hydrogens (tertiary/aromatic N) is 1. The summed E-state index contributed by atoms with van der Waals surface area (Å²) in [5.74, 6) is -2.47. The maximum atomic E-state index is 13.6. The van der Waals surface area contributed by atoms with Gasteiger partial charge in [-0.2, -0.15) is 0 Å². The molecule has 0 saturated heterocycles. The number of hydrogen-bond donors (Lipinski definition) is 2. The maximum absolute atomic E-state index is 13.6. The van der Waals surface area contributed by atoms with Crippen LogP contribution >= 0.6 is 0 Å². The van der Waals surface area contributed by atoms with Gasteiger partial charge >= 0.3 is 65.1 Å². The monoisotopic (exact) mass is 483 g/mol. The number of carbonyl (C=O) groups is 2. The van der Waals surface area contributed by atoms with E-state index in [0.29, 0.717) is 16.7 Å². The molecule has 0 aliphatic heterocycles. The van der Waals surface area contributed by atoms with Crippen LogP contribution in [0.15, 0.2) is 59.5 Å². The molecule has 8 nitrogen and oxygen atoms in total. The first-order valence-electron chi connectivity index (χ1n) is 9.66. The van der Waals surface area contributed by atoms with Crippen molar-refractivity contribution in [3.05, 3.63) is 82.0 Å². The smallest absolute Gasteiger partial charge is 0.871 e. The Labute approximate surface area is 239 Å². The molecule has 2 aromatic carbocycles. The molecule has 0 unspecified atom stereocenters. The van der Waals surface area contributed by atoms with Gasteiger partial charge in [0, 0.05) is 25.6 Å². The van der Waals surface area contributed by atoms with Crippen molar-refractivity contribution in [1.29, 1.82) is 0 Å². The maximum Gasteiger partial charge on any atom is 1.00 e. The molecule has 0 saturated carbocycles. The largest absolute Gasteiger partial charge is 1.00 e. The number of nitrogens with one attached hydrogen (secondary N) is 2. The third-order valence-electron chi connectivity index (χ3n) is 4.87. The zero-order valence-electron chi connectivity index (χ0n) is 19.3. The van der Waals surface area contributed by atoms with Crippen molar-refractivity contribution >= 4 is 17.7 Å². The molecule has 0 radical (unpaired) electrons. The molecule has 2 amide bonds. The fraction of sp³-hybridized carbons (Fsp3) is 0.174. The van der Waals surface area contributed by atoms with Crippen LogP contribution in [0.4, 0.5) is 14.9 Å². The van der Waals surface area contributed by atoms with Crippen molar-refractivity contribution in [2.24, 2.45) is 7.05 Å². The quantitative estimate of drug-likeness (QED) is 0.343. The normalized spacial score (nSPS) is 10.9. The van der Waals surface area contributed by atoms with Crippen LogP contribution in [0, 0.1) is 12.7 Å². The summed E-state index contributed by atoms with van der Waals surface area (Å²) in [6.45, 7) is 1.50. The van der Waals surface area contributed by atoms with Gasteiger partial charge in [0.05, 0.1) is 6.04 Å². The Hall–Kier alpha value is -2.14. The molecule has 166 valence electrons. The van der Waals surface area contributed by atoms with Crippen molar-refractivity contribution in [3.63, 3.8) is 0 Å². The summed E-state index contributed by atoms with van der Waals surface area (Å²) in [5, 5.41) is 28.2. The Morgan fingerprint density at radius 3 is 2.32 bits per heavy atom. The fourth-order valence-electron chi connectivity index (χ4n) is 3.32. The van der Waals surface area contributed by atoms with Crippen LogP contribution < -0.4 is 85.5 Å². The predicted molar refractivity (Wildman–Crippen MR) is 112 cm³/mol. The topological polar surface area (TPSA) is 126 Å². The average molecular weight is 483 g/mol. The molecule has 1 aromatic heterocycles. The van der Waals surface area contributed by atoms with Crippen LogP contribution in [0.2, 0.25) is 0 Å². The number of benzene rings is 2. The van der Waals surface area contributed by atoms with Gasteiger partial charge in [0.2, 0.25) is 0 Å². The SMILES string of the molecule is Cc1cn(C)c(=O)c(NC(=O)N[C@@H](CC(=O)[O-])c2cccc(-c3cccc(F)c3)c2)c1[O-].[Na+].[Na+]. The Kier molecular flexibility index (Phi) is 11.5. The van der Waals surface area contributed by atoms with E-state index in [-0.39, 0.29) is 64.7 Å². The molecule has 11 heteroatoms. The number of aryl methyl sites for hydroxylation is 2. The third kappa shape index (κ3) is 7.43. The fourth-order valence-corrected chi connectivity index (χ4v) is 3.32. The van der Waals surface area contributed by atoms with Gasteiger partial charge in [-0.05, 0) is 47.4 Å². The molecule has 0 aliphatic carbocycles. The Bertz CT molecular complexity index is 1250. The minimum Gasteiger partial charge on any atom is -0.871 e. The molecule has 1 heterocycles. The van der Waals surface area contributed by atoms with Gasteiger partial charge in [-0.25, -0.2) is 9.18 Å². The summed E-state index contributed by atoms with van der Waals surface area (Å²) in [6, 6.07) is 10.5. The summed E-state index contributed by atoms with van der Waals surface area (Å²) in [7, 11) is 1.44. The van der Waals surface area contributed by atoms with Crippen molar-refractivity contribution in [2.45, 2.75) is 19.4 Å². The summed E-state index contributed by atoms with van der Waals surface area (Å²) in [4.78, 5) is 36.0. The predicted octanol–water partition coefficient (Wildman–Crippen LogP) is -4.42. The number of carboxylic acid groups (broad SMARTS) is 1. The summed E-state index contributed by atoms with van der Waals surface area (Å²) in [6.07, 6.45) is 0.792. The van der Waals surface area contributed by atoms with Crippen LogP contribution in [0.25, 0.3) is 11.1 Å². The van der Waals surface area contributed by atoms with Crippen molar-refractivity contribution in [3.8, 4) is 16.9 Å². The summed E-state index contributed by atoms with van der Waals surface area (Å²) in [5.41, 5.74) is 0.734. The van der Waals surface area contributed by atoms with Gasteiger partial charge in [-0.1, -0.05) is 36.1 Å². The van der Waals surface area contributed by atoms with Gasteiger partial charge in [0.15, 0.2) is 0 Å². The minimum absolute atomic E-state index is 0. The second-order valence-corrected chi connectivity index (χ2v) is 7.30. The van der Waals surface area contributed by atoms with Crippen LogP contribution in [-0.2, 0) is 11.8 Å². The second kappa shape index (κ2) is 13.1. The Morgan fingerprint density at radius 2 is 1.71 bits per heavy atom. The number of carbonyl (C=O) groups excluding carboxylic acids is 2. The van der Waals surface area contributed by atoms with Crippen LogP contribution in [0.5, 0.6) is 5.75 Å². The van der Waals surface area contributed by atoms with Gasteiger partial charge in [0.25, 0.3) is 5.56 Å². The molecule has 0 bridgehead atoms. The van der Waals surface area contributed by atoms with Crippen molar-refractivity contribution < 1.29 is 83.3 Å². The summed E-state index contributed by atoms with van der Waals surface area (Å²) < 4.78 is 14.7. The van der Waals surface area contributed by atoms with E-state index < -0.39 is 47.3 Å². The summed E-state index contributed by atoms with van der Waals surface area (Å²) >= 11 is 0. The number of aliphatic carboxylic acids is 1. The van der Waals surface area contributed by atoms with Crippen LogP contribution in [0.1, 0.15) is 23.6 Å². The van der Waals surface area contributed by atoms with E-state index in [2.05, 4.69) is 10.6 Å². The van der Waals surface area contributed by atoms with Gasteiger partial charge in [-0.15, -0.1) is 0 Å². The molecule has 3 aromatic rings.